The molecule has 0 N–H and O–H groups in total. The largest absolute Gasteiger partial charge is 0.455 e. The van der Waals surface area contributed by atoms with Crippen LogP contribution in [0.2, 0.25) is 0 Å². The van der Waals surface area contributed by atoms with Crippen LogP contribution in [0.5, 0.6) is 11.5 Å². The lowest BCUT2D eigenvalue weighted by molar-refractivity contribution is -0.138. The van der Waals surface area contributed by atoms with E-state index >= 15 is 0 Å². The molecular weight excluding hydrogens is 595 g/mol. The molecule has 0 aliphatic carbocycles. The van der Waals surface area contributed by atoms with Crippen molar-refractivity contribution in [1.82, 2.24) is 24.9 Å². The van der Waals surface area contributed by atoms with Gasteiger partial charge in [0.25, 0.3) is 0 Å². The maximum absolute atomic E-state index is 14.2. The van der Waals surface area contributed by atoms with E-state index in [2.05, 4.69) is 38.8 Å². The molecule has 13 heteroatoms. The fraction of sp³-hybridized carbons (Fsp3) is 0.387. The summed E-state index contributed by atoms with van der Waals surface area (Å²) in [5.74, 6) is -0.798. The van der Waals surface area contributed by atoms with Crippen LogP contribution in [0.4, 0.5) is 13.2 Å². The molecule has 2 aromatic carbocycles. The molecule has 1 saturated heterocycles. The first-order chi connectivity index (χ1) is 20.7. The molecule has 44 heavy (non-hydrogen) atoms. The second-order valence-electron chi connectivity index (χ2n) is 11.9. The minimum absolute atomic E-state index is 0.000704. The van der Waals surface area contributed by atoms with Crippen LogP contribution in [0.15, 0.2) is 76.3 Å². The Bertz CT molecular complexity index is 1710. The number of alkyl halides is 3. The number of aromatic nitrogens is 3. The normalized spacial score (nSPS) is 16.1. The summed E-state index contributed by atoms with van der Waals surface area (Å²) in [7, 11) is -3.79. The van der Waals surface area contributed by atoms with E-state index < -0.39 is 27.3 Å². The molecule has 1 fully saturated rings. The molecule has 0 bridgehead atoms. The predicted molar refractivity (Wildman–Crippen MR) is 157 cm³/mol. The van der Waals surface area contributed by atoms with Gasteiger partial charge in [0, 0.05) is 30.4 Å². The Hall–Kier alpha value is -3.81. The van der Waals surface area contributed by atoms with E-state index in [1.54, 1.807) is 20.0 Å². The number of pyridine rings is 1. The highest BCUT2D eigenvalue weighted by Crippen LogP contribution is 2.41. The van der Waals surface area contributed by atoms with E-state index in [9.17, 15) is 21.6 Å². The van der Waals surface area contributed by atoms with E-state index in [1.807, 2.05) is 18.2 Å². The lowest BCUT2D eigenvalue weighted by atomic mass is 10.1. The molecule has 3 heterocycles. The molecular formula is C31H34F3N5O4S. The molecule has 1 aliphatic heterocycles. The molecule has 2 aromatic heterocycles. The van der Waals surface area contributed by atoms with Gasteiger partial charge in [-0.05, 0) is 62.2 Å². The number of halogens is 3. The van der Waals surface area contributed by atoms with Crippen LogP contribution < -0.4 is 4.74 Å². The minimum Gasteiger partial charge on any atom is -0.455 e. The number of nitrogens with zero attached hydrogens (tertiary/aromatic N) is 5. The fourth-order valence-corrected chi connectivity index (χ4v) is 6.99. The Morgan fingerprint density at radius 2 is 1.77 bits per heavy atom. The van der Waals surface area contributed by atoms with Gasteiger partial charge in [-0.3, -0.25) is 14.8 Å². The summed E-state index contributed by atoms with van der Waals surface area (Å²) in [6.07, 6.45) is -3.04. The summed E-state index contributed by atoms with van der Waals surface area (Å²) >= 11 is 0. The summed E-state index contributed by atoms with van der Waals surface area (Å²) < 4.78 is 79.5. The van der Waals surface area contributed by atoms with Gasteiger partial charge in [-0.1, -0.05) is 37.2 Å². The van der Waals surface area contributed by atoms with Crippen molar-refractivity contribution in [1.29, 1.82) is 0 Å². The molecule has 5 rings (SSSR count). The van der Waals surface area contributed by atoms with Crippen LogP contribution >= 0.6 is 0 Å². The van der Waals surface area contributed by atoms with E-state index in [-0.39, 0.29) is 45.1 Å². The minimum atomic E-state index is -4.80. The van der Waals surface area contributed by atoms with Gasteiger partial charge in [-0.25, -0.2) is 8.42 Å². The molecule has 0 unspecified atom stereocenters. The summed E-state index contributed by atoms with van der Waals surface area (Å²) in [5.41, 5.74) is -0.205. The van der Waals surface area contributed by atoms with Crippen molar-refractivity contribution in [2.45, 2.75) is 57.4 Å². The van der Waals surface area contributed by atoms with Gasteiger partial charge in [0.05, 0.1) is 30.2 Å². The molecule has 4 aromatic rings. The van der Waals surface area contributed by atoms with Crippen molar-refractivity contribution >= 4 is 9.84 Å². The first-order valence-electron chi connectivity index (χ1n) is 14.1. The average Bonchev–Trinajstić information content (AvgIpc) is 3.51. The highest BCUT2D eigenvalue weighted by atomic mass is 32.2. The Kier molecular flexibility index (Phi) is 8.83. The molecule has 0 spiro atoms. The number of para-hydroxylation sites is 1. The summed E-state index contributed by atoms with van der Waals surface area (Å²) in [6, 6.07) is 14.9. The Morgan fingerprint density at radius 1 is 1.02 bits per heavy atom. The van der Waals surface area contributed by atoms with Gasteiger partial charge in [0.1, 0.15) is 16.4 Å². The quantitative estimate of drug-likeness (QED) is 0.197. The maximum atomic E-state index is 14.2. The van der Waals surface area contributed by atoms with E-state index in [0.29, 0.717) is 19.8 Å². The molecule has 9 nitrogen and oxygen atoms in total. The van der Waals surface area contributed by atoms with Crippen LogP contribution in [0.1, 0.15) is 44.8 Å². The number of benzene rings is 2. The van der Waals surface area contributed by atoms with Gasteiger partial charge in [0.2, 0.25) is 11.7 Å². The van der Waals surface area contributed by atoms with Gasteiger partial charge >= 0.3 is 6.18 Å². The zero-order valence-corrected chi connectivity index (χ0v) is 25.7. The third kappa shape index (κ3) is 7.28. The van der Waals surface area contributed by atoms with Crippen molar-refractivity contribution in [3.05, 3.63) is 84.0 Å². The first-order valence-corrected chi connectivity index (χ1v) is 15.8. The average molecular weight is 630 g/mol. The van der Waals surface area contributed by atoms with Gasteiger partial charge in [-0.2, -0.15) is 18.2 Å². The lowest BCUT2D eigenvalue weighted by Crippen LogP contribution is -2.39. The smallest absolute Gasteiger partial charge is 0.420 e. The number of hydrogen-bond donors (Lipinski definition) is 0. The van der Waals surface area contributed by atoms with E-state index in [1.165, 1.54) is 30.3 Å². The Balaban J connectivity index is 1.35. The fourth-order valence-electron chi connectivity index (χ4n) is 5.23. The molecule has 234 valence electrons. The topological polar surface area (TPSA) is 102 Å². The SMILES string of the molecule is CC(C)CS(=O)(=O)c1ccccc1Oc1ccc(-c2noc(CN3CN(Cc4ccccn4)C(C)(C)C3)n2)cc1C(F)(F)F. The summed E-state index contributed by atoms with van der Waals surface area (Å²) in [6.45, 7) is 10.1. The Morgan fingerprint density at radius 3 is 2.48 bits per heavy atom. The molecule has 1 aliphatic rings. The lowest BCUT2D eigenvalue weighted by Gasteiger charge is -2.29. The van der Waals surface area contributed by atoms with Crippen molar-refractivity contribution in [3.8, 4) is 22.9 Å². The van der Waals surface area contributed by atoms with Gasteiger partial charge in [0.15, 0.2) is 9.84 Å². The van der Waals surface area contributed by atoms with Crippen LogP contribution in [0.3, 0.4) is 0 Å². The maximum Gasteiger partial charge on any atom is 0.420 e. The van der Waals surface area contributed by atoms with Gasteiger partial charge in [-0.15, -0.1) is 0 Å². The second kappa shape index (κ2) is 12.3. The number of ether oxygens (including phenoxy) is 1. The molecule has 0 saturated carbocycles. The highest BCUT2D eigenvalue weighted by molar-refractivity contribution is 7.91. The van der Waals surface area contributed by atoms with E-state index in [4.69, 9.17) is 9.26 Å². The number of sulfone groups is 1. The molecule has 0 amide bonds. The van der Waals surface area contributed by atoms with Crippen LogP contribution in [-0.2, 0) is 29.1 Å². The van der Waals surface area contributed by atoms with Crippen LogP contribution in [-0.4, -0.2) is 57.8 Å². The van der Waals surface area contributed by atoms with Crippen molar-refractivity contribution < 1.29 is 30.8 Å². The van der Waals surface area contributed by atoms with Crippen LogP contribution in [0, 0.1) is 5.92 Å². The zero-order chi connectivity index (χ0) is 31.7. The Labute approximate surface area is 254 Å². The van der Waals surface area contributed by atoms with Gasteiger partial charge < -0.3 is 9.26 Å². The zero-order valence-electron chi connectivity index (χ0n) is 24.9. The molecule has 0 atom stereocenters. The van der Waals surface area contributed by atoms with Crippen molar-refractivity contribution in [2.75, 3.05) is 19.0 Å². The first kappa shape index (κ1) is 31.6. The monoisotopic (exact) mass is 629 g/mol. The number of rotatable bonds is 10. The van der Waals surface area contributed by atoms with Crippen molar-refractivity contribution in [3.63, 3.8) is 0 Å². The third-order valence-electron chi connectivity index (χ3n) is 7.24. The van der Waals surface area contributed by atoms with Crippen LogP contribution in [0.25, 0.3) is 11.4 Å². The second-order valence-corrected chi connectivity index (χ2v) is 13.9. The third-order valence-corrected chi connectivity index (χ3v) is 9.36. The summed E-state index contributed by atoms with van der Waals surface area (Å²) in [5, 5.41) is 3.94. The summed E-state index contributed by atoms with van der Waals surface area (Å²) in [4.78, 5) is 13.0. The highest BCUT2D eigenvalue weighted by Gasteiger charge is 2.38. The number of hydrogen-bond acceptors (Lipinski definition) is 9. The molecule has 0 radical (unpaired) electrons. The van der Waals surface area contributed by atoms with Crippen molar-refractivity contribution in [2.24, 2.45) is 5.92 Å². The standard InChI is InChI=1S/C31H34F3N5O4S/c1-21(2)18-44(40,41)27-11-6-5-10-26(27)42-25-13-12-22(15-24(25)31(32,33)34)29-36-28(43-37-29)17-38-19-30(3,4)39(20-38)16-23-9-7-8-14-35-23/h5-15,21H,16-20H2,1-4H3. The van der Waals surface area contributed by atoms with E-state index in [0.717, 1.165) is 24.4 Å². The predicted octanol–water partition coefficient (Wildman–Crippen LogP) is 6.43.